The number of nitrogens with zero attached hydrogens (tertiary/aromatic N) is 1. The van der Waals surface area contributed by atoms with Crippen LogP contribution in [0.1, 0.15) is 48.2 Å². The number of anilines is 1. The molecule has 1 amide bonds. The van der Waals surface area contributed by atoms with Crippen LogP contribution < -0.4 is 10.1 Å². The largest absolute Gasteiger partial charge is 0.487 e. The van der Waals surface area contributed by atoms with Crippen molar-refractivity contribution in [1.29, 1.82) is 0 Å². The van der Waals surface area contributed by atoms with Gasteiger partial charge in [0.2, 0.25) is 0 Å². The molecule has 0 heterocycles. The molecular formula is C21H24N2O6. The van der Waals surface area contributed by atoms with Crippen LogP contribution in [0.3, 0.4) is 0 Å². The van der Waals surface area contributed by atoms with Crippen molar-refractivity contribution < 1.29 is 24.0 Å². The monoisotopic (exact) mass is 400 g/mol. The summed E-state index contributed by atoms with van der Waals surface area (Å²) in [4.78, 5) is 35.0. The highest BCUT2D eigenvalue weighted by Gasteiger charge is 2.20. The van der Waals surface area contributed by atoms with Gasteiger partial charge in [-0.05, 0) is 43.0 Å². The molecule has 0 fully saturated rings. The van der Waals surface area contributed by atoms with E-state index in [4.69, 9.17) is 9.47 Å². The van der Waals surface area contributed by atoms with Gasteiger partial charge in [0, 0.05) is 11.8 Å². The van der Waals surface area contributed by atoms with Crippen molar-refractivity contribution in [2.45, 2.75) is 33.6 Å². The second kappa shape index (κ2) is 9.68. The minimum absolute atomic E-state index is 0.0354. The molecule has 0 atom stereocenters. The number of carbonyl (C=O) groups is 2. The first kappa shape index (κ1) is 21.9. The molecule has 0 saturated heterocycles. The van der Waals surface area contributed by atoms with Crippen LogP contribution in [0.5, 0.6) is 5.75 Å². The third-order valence-electron chi connectivity index (χ3n) is 4.22. The van der Waals surface area contributed by atoms with Gasteiger partial charge in [-0.3, -0.25) is 14.9 Å². The van der Waals surface area contributed by atoms with E-state index in [2.05, 4.69) is 5.32 Å². The quantitative estimate of drug-likeness (QED) is 0.404. The molecule has 0 bridgehead atoms. The summed E-state index contributed by atoms with van der Waals surface area (Å²) in [5, 5.41) is 13.9. The Labute approximate surface area is 169 Å². The lowest BCUT2D eigenvalue weighted by atomic mass is 9.98. The number of esters is 1. The number of para-hydroxylation sites is 1. The zero-order valence-corrected chi connectivity index (χ0v) is 16.9. The van der Waals surface area contributed by atoms with Gasteiger partial charge in [0.1, 0.15) is 0 Å². The highest BCUT2D eigenvalue weighted by Crippen LogP contribution is 2.29. The fourth-order valence-corrected chi connectivity index (χ4v) is 2.80. The summed E-state index contributed by atoms with van der Waals surface area (Å²) in [6.07, 6.45) is 0. The van der Waals surface area contributed by atoms with Gasteiger partial charge >= 0.3 is 11.7 Å². The van der Waals surface area contributed by atoms with Crippen LogP contribution in [0.2, 0.25) is 0 Å². The van der Waals surface area contributed by atoms with E-state index in [1.807, 2.05) is 39.0 Å². The maximum absolute atomic E-state index is 12.3. The number of hydrogen-bond acceptors (Lipinski definition) is 6. The number of ether oxygens (including phenoxy) is 2. The third kappa shape index (κ3) is 5.54. The van der Waals surface area contributed by atoms with E-state index in [9.17, 15) is 19.7 Å². The SMILES string of the molecule is CCOc1ccc(C(=O)OCC(=O)Nc2c(C)cccc2C(C)C)cc1[N+](=O)[O-]. The lowest BCUT2D eigenvalue weighted by Crippen LogP contribution is -2.22. The minimum atomic E-state index is -0.833. The predicted molar refractivity (Wildman–Crippen MR) is 108 cm³/mol. The van der Waals surface area contributed by atoms with Gasteiger partial charge < -0.3 is 14.8 Å². The van der Waals surface area contributed by atoms with Crippen molar-refractivity contribution in [3.05, 3.63) is 63.2 Å². The molecule has 0 aromatic heterocycles. The Morgan fingerprint density at radius 2 is 1.93 bits per heavy atom. The lowest BCUT2D eigenvalue weighted by Gasteiger charge is -2.16. The third-order valence-corrected chi connectivity index (χ3v) is 4.22. The minimum Gasteiger partial charge on any atom is -0.487 e. The van der Waals surface area contributed by atoms with Gasteiger partial charge in [-0.25, -0.2) is 4.79 Å². The summed E-state index contributed by atoms with van der Waals surface area (Å²) in [5.74, 6) is -1.06. The van der Waals surface area contributed by atoms with E-state index in [0.29, 0.717) is 5.69 Å². The van der Waals surface area contributed by atoms with Gasteiger partial charge in [-0.1, -0.05) is 32.0 Å². The molecule has 2 rings (SSSR count). The zero-order valence-electron chi connectivity index (χ0n) is 16.9. The Balaban J connectivity index is 2.07. The van der Waals surface area contributed by atoms with Crippen molar-refractivity contribution in [3.8, 4) is 5.75 Å². The van der Waals surface area contributed by atoms with E-state index in [1.165, 1.54) is 12.1 Å². The van der Waals surface area contributed by atoms with Crippen LogP contribution in [-0.4, -0.2) is 30.0 Å². The van der Waals surface area contributed by atoms with Crippen molar-refractivity contribution in [3.63, 3.8) is 0 Å². The number of hydrogen-bond donors (Lipinski definition) is 1. The van der Waals surface area contributed by atoms with Crippen LogP contribution in [0, 0.1) is 17.0 Å². The van der Waals surface area contributed by atoms with Gasteiger partial charge in [0.25, 0.3) is 5.91 Å². The van der Waals surface area contributed by atoms with E-state index >= 15 is 0 Å². The summed E-state index contributed by atoms with van der Waals surface area (Å²) in [5.41, 5.74) is 2.20. The Kier molecular flexibility index (Phi) is 7.30. The number of amides is 1. The molecule has 0 aliphatic rings. The first-order valence-corrected chi connectivity index (χ1v) is 9.22. The number of rotatable bonds is 8. The molecule has 0 spiro atoms. The molecule has 0 saturated carbocycles. The number of nitro benzene ring substituents is 1. The standard InChI is InChI=1S/C21H24N2O6/c1-5-28-18-10-9-15(11-17(18)23(26)27)21(25)29-12-19(24)22-20-14(4)7-6-8-16(20)13(2)3/h6-11,13H,5,12H2,1-4H3,(H,22,24). The maximum atomic E-state index is 12.3. The van der Waals surface area contributed by atoms with Crippen molar-refractivity contribution in [1.82, 2.24) is 0 Å². The first-order valence-electron chi connectivity index (χ1n) is 9.22. The van der Waals surface area contributed by atoms with Crippen LogP contribution in [0.15, 0.2) is 36.4 Å². The number of nitrogens with one attached hydrogen (secondary N) is 1. The Hall–Kier alpha value is -3.42. The summed E-state index contributed by atoms with van der Waals surface area (Å²) in [7, 11) is 0. The first-order chi connectivity index (χ1) is 13.7. The summed E-state index contributed by atoms with van der Waals surface area (Å²) in [6, 6.07) is 9.49. The molecular weight excluding hydrogens is 376 g/mol. The van der Waals surface area contributed by atoms with E-state index < -0.39 is 23.4 Å². The maximum Gasteiger partial charge on any atom is 0.338 e. The van der Waals surface area contributed by atoms with Crippen LogP contribution >= 0.6 is 0 Å². The highest BCUT2D eigenvalue weighted by atomic mass is 16.6. The molecule has 1 N–H and O–H groups in total. The molecule has 0 unspecified atom stereocenters. The molecule has 0 aliphatic heterocycles. The average molecular weight is 400 g/mol. The zero-order chi connectivity index (χ0) is 21.6. The van der Waals surface area contributed by atoms with E-state index in [1.54, 1.807) is 6.92 Å². The Bertz CT molecular complexity index is 923. The number of nitro groups is 1. The van der Waals surface area contributed by atoms with Gasteiger partial charge in [0.05, 0.1) is 17.1 Å². The molecule has 29 heavy (non-hydrogen) atoms. The van der Waals surface area contributed by atoms with Crippen molar-refractivity contribution >= 4 is 23.3 Å². The Morgan fingerprint density at radius 3 is 2.55 bits per heavy atom. The predicted octanol–water partition coefficient (Wildman–Crippen LogP) is 4.22. The molecule has 8 heteroatoms. The van der Waals surface area contributed by atoms with Crippen LogP contribution in [0.4, 0.5) is 11.4 Å². The van der Waals surface area contributed by atoms with E-state index in [-0.39, 0.29) is 29.5 Å². The van der Waals surface area contributed by atoms with Crippen molar-refractivity contribution in [2.24, 2.45) is 0 Å². The topological polar surface area (TPSA) is 108 Å². The lowest BCUT2D eigenvalue weighted by molar-refractivity contribution is -0.385. The van der Waals surface area contributed by atoms with Crippen LogP contribution in [-0.2, 0) is 9.53 Å². The number of aryl methyl sites for hydroxylation is 1. The summed E-state index contributed by atoms with van der Waals surface area (Å²) in [6.45, 7) is 7.36. The second-order valence-electron chi connectivity index (χ2n) is 6.69. The summed E-state index contributed by atoms with van der Waals surface area (Å²) < 4.78 is 10.2. The molecule has 2 aromatic carbocycles. The normalized spacial score (nSPS) is 10.5. The fourth-order valence-electron chi connectivity index (χ4n) is 2.80. The molecule has 154 valence electrons. The van der Waals surface area contributed by atoms with Crippen molar-refractivity contribution in [2.75, 3.05) is 18.5 Å². The highest BCUT2D eigenvalue weighted by molar-refractivity contribution is 5.96. The second-order valence-corrected chi connectivity index (χ2v) is 6.69. The number of benzene rings is 2. The molecule has 8 nitrogen and oxygen atoms in total. The average Bonchev–Trinajstić information content (AvgIpc) is 2.67. The van der Waals surface area contributed by atoms with Gasteiger partial charge in [0.15, 0.2) is 12.4 Å². The molecule has 2 aromatic rings. The number of carbonyl (C=O) groups excluding carboxylic acids is 2. The van der Waals surface area contributed by atoms with Gasteiger partial charge in [-0.2, -0.15) is 0 Å². The van der Waals surface area contributed by atoms with Crippen LogP contribution in [0.25, 0.3) is 0 Å². The smallest absolute Gasteiger partial charge is 0.338 e. The Morgan fingerprint density at radius 1 is 1.21 bits per heavy atom. The molecule has 0 aliphatic carbocycles. The summed E-state index contributed by atoms with van der Waals surface area (Å²) >= 11 is 0. The van der Waals surface area contributed by atoms with E-state index in [0.717, 1.165) is 17.2 Å². The fraction of sp³-hybridized carbons (Fsp3) is 0.333. The van der Waals surface area contributed by atoms with Gasteiger partial charge in [-0.15, -0.1) is 0 Å². The molecule has 0 radical (unpaired) electrons.